The van der Waals surface area contributed by atoms with Crippen molar-refractivity contribution < 1.29 is 29.5 Å². The molecule has 0 fully saturated rings. The summed E-state index contributed by atoms with van der Waals surface area (Å²) in [6.45, 7) is 0. The monoisotopic (exact) mass is 361 g/mol. The molecule has 0 bridgehead atoms. The van der Waals surface area contributed by atoms with E-state index < -0.39 is 38.5 Å². The van der Waals surface area contributed by atoms with Gasteiger partial charge in [0.2, 0.25) is 5.52 Å². The highest BCUT2D eigenvalue weighted by molar-refractivity contribution is 6.00. The Kier molecular flexibility index (Phi) is 3.80. The van der Waals surface area contributed by atoms with Gasteiger partial charge in [-0.15, -0.1) is 0 Å². The molecule has 132 valence electrons. The molecule has 13 nitrogen and oxygen atoms in total. The van der Waals surface area contributed by atoms with Crippen LogP contribution in [0.5, 0.6) is 5.75 Å². The van der Waals surface area contributed by atoms with Crippen LogP contribution in [0.3, 0.4) is 0 Å². The van der Waals surface area contributed by atoms with E-state index in [1.165, 1.54) is 6.07 Å². The molecule has 13 heteroatoms. The normalized spacial score (nSPS) is 10.6. The molecular formula is C13H7N5O8. The fourth-order valence-electron chi connectivity index (χ4n) is 2.25. The first kappa shape index (κ1) is 16.6. The number of carboxylic acid groups (broad SMARTS) is 1. The van der Waals surface area contributed by atoms with Gasteiger partial charge in [0.25, 0.3) is 0 Å². The van der Waals surface area contributed by atoms with Gasteiger partial charge in [0.05, 0.1) is 15.9 Å². The van der Waals surface area contributed by atoms with E-state index in [2.05, 4.69) is 20.3 Å². The molecule has 1 aromatic heterocycles. The summed E-state index contributed by atoms with van der Waals surface area (Å²) in [5.74, 6) is -1.92. The van der Waals surface area contributed by atoms with Crippen LogP contribution in [0.15, 0.2) is 28.9 Å². The summed E-state index contributed by atoms with van der Waals surface area (Å²) in [5.41, 5.74) is -2.63. The second-order valence-electron chi connectivity index (χ2n) is 4.93. The first-order chi connectivity index (χ1) is 12.3. The molecule has 0 aliphatic rings. The Balaban J connectivity index is 2.21. The third-order valence-corrected chi connectivity index (χ3v) is 3.39. The Hall–Kier alpha value is -4.29. The van der Waals surface area contributed by atoms with Crippen molar-refractivity contribution >= 4 is 39.8 Å². The summed E-state index contributed by atoms with van der Waals surface area (Å²) >= 11 is 0. The number of aromatic nitrogens is 2. The third kappa shape index (κ3) is 2.68. The Bertz CT molecular complexity index is 1080. The van der Waals surface area contributed by atoms with Gasteiger partial charge < -0.3 is 15.5 Å². The predicted octanol–water partition coefficient (Wildman–Crippen LogP) is 2.19. The van der Waals surface area contributed by atoms with Gasteiger partial charge in [0.15, 0.2) is 5.52 Å². The van der Waals surface area contributed by atoms with Gasteiger partial charge in [-0.25, -0.2) is 9.42 Å². The smallest absolute Gasteiger partial charge is 0.339 e. The first-order valence-corrected chi connectivity index (χ1v) is 6.71. The number of rotatable bonds is 5. The maximum atomic E-state index is 11.3. The highest BCUT2D eigenvalue weighted by Crippen LogP contribution is 2.39. The number of nitro groups is 2. The summed E-state index contributed by atoms with van der Waals surface area (Å²) in [4.78, 5) is 31.7. The van der Waals surface area contributed by atoms with E-state index in [-0.39, 0.29) is 22.4 Å². The SMILES string of the molecule is O=C(O)c1cc(Nc2c([N+](=O)[O-])cc([N+](=O)[O-])c3nonc23)ccc1O. The molecule has 2 aromatic carbocycles. The third-order valence-electron chi connectivity index (χ3n) is 3.39. The van der Waals surface area contributed by atoms with Gasteiger partial charge in [-0.1, -0.05) is 0 Å². The number of fused-ring (bicyclic) bond motifs is 1. The Morgan fingerprint density at radius 3 is 2.35 bits per heavy atom. The highest BCUT2D eigenvalue weighted by Gasteiger charge is 2.29. The summed E-state index contributed by atoms with van der Waals surface area (Å²) in [7, 11) is 0. The van der Waals surface area contributed by atoms with E-state index in [4.69, 9.17) is 5.11 Å². The first-order valence-electron chi connectivity index (χ1n) is 6.71. The van der Waals surface area contributed by atoms with E-state index in [9.17, 15) is 30.1 Å². The van der Waals surface area contributed by atoms with Crippen molar-refractivity contribution in [1.29, 1.82) is 0 Å². The number of nitrogens with zero attached hydrogens (tertiary/aromatic N) is 4. The van der Waals surface area contributed by atoms with E-state index in [1.54, 1.807) is 0 Å². The van der Waals surface area contributed by atoms with Crippen LogP contribution in [0.1, 0.15) is 10.4 Å². The average molecular weight is 361 g/mol. The van der Waals surface area contributed by atoms with E-state index in [0.717, 1.165) is 12.1 Å². The quantitative estimate of drug-likeness (QED) is 0.342. The predicted molar refractivity (Wildman–Crippen MR) is 83.5 cm³/mol. The van der Waals surface area contributed by atoms with Gasteiger partial charge in [0, 0.05) is 5.69 Å². The molecule has 0 saturated carbocycles. The number of hydrogen-bond acceptors (Lipinski definition) is 10. The van der Waals surface area contributed by atoms with Gasteiger partial charge in [-0.2, -0.15) is 0 Å². The number of hydrogen-bond donors (Lipinski definition) is 3. The Morgan fingerprint density at radius 1 is 1.08 bits per heavy atom. The number of nitrogens with one attached hydrogen (secondary N) is 1. The van der Waals surface area contributed by atoms with Crippen LogP contribution >= 0.6 is 0 Å². The van der Waals surface area contributed by atoms with Crippen LogP contribution in [0, 0.1) is 20.2 Å². The standard InChI is InChI=1S/C13H7N5O8/c19-9-2-1-5(3-6(9)13(20)21)14-10-7(17(22)23)4-8(18(24)25)11-12(10)16-26-15-11/h1-4,14,19H,(H,20,21). The van der Waals surface area contributed by atoms with Crippen molar-refractivity contribution in [3.05, 3.63) is 50.1 Å². The Labute approximate surface area is 141 Å². The number of carbonyl (C=O) groups is 1. The lowest BCUT2D eigenvalue weighted by Gasteiger charge is -2.09. The van der Waals surface area contributed by atoms with Crippen molar-refractivity contribution in [2.45, 2.75) is 0 Å². The number of benzene rings is 2. The van der Waals surface area contributed by atoms with Crippen molar-refractivity contribution in [1.82, 2.24) is 10.3 Å². The highest BCUT2D eigenvalue weighted by atomic mass is 16.6. The van der Waals surface area contributed by atoms with E-state index in [0.29, 0.717) is 6.07 Å². The van der Waals surface area contributed by atoms with E-state index in [1.807, 2.05) is 0 Å². The summed E-state index contributed by atoms with van der Waals surface area (Å²) in [5, 5.41) is 50.3. The van der Waals surface area contributed by atoms with Crippen LogP contribution in [0.2, 0.25) is 0 Å². The zero-order valence-electron chi connectivity index (χ0n) is 12.4. The molecule has 0 atom stereocenters. The molecule has 3 rings (SSSR count). The molecule has 0 radical (unpaired) electrons. The van der Waals surface area contributed by atoms with Crippen molar-refractivity contribution in [2.24, 2.45) is 0 Å². The minimum atomic E-state index is -1.42. The van der Waals surface area contributed by atoms with Gasteiger partial charge >= 0.3 is 17.3 Å². The second-order valence-corrected chi connectivity index (χ2v) is 4.93. The van der Waals surface area contributed by atoms with Crippen molar-refractivity contribution in [3.8, 4) is 5.75 Å². The zero-order valence-corrected chi connectivity index (χ0v) is 12.4. The van der Waals surface area contributed by atoms with Gasteiger partial charge in [-0.05, 0) is 28.5 Å². The second kappa shape index (κ2) is 5.97. The number of aromatic hydroxyl groups is 1. The summed E-state index contributed by atoms with van der Waals surface area (Å²) in [6, 6.07) is 4.04. The Morgan fingerprint density at radius 2 is 1.73 bits per heavy atom. The molecular weight excluding hydrogens is 354 g/mol. The van der Waals surface area contributed by atoms with Crippen molar-refractivity contribution in [2.75, 3.05) is 5.32 Å². The largest absolute Gasteiger partial charge is 0.507 e. The lowest BCUT2D eigenvalue weighted by atomic mass is 10.1. The molecule has 0 unspecified atom stereocenters. The minimum Gasteiger partial charge on any atom is -0.507 e. The molecule has 0 aliphatic carbocycles. The molecule has 3 aromatic rings. The molecule has 1 heterocycles. The number of aromatic carboxylic acids is 1. The molecule has 0 amide bonds. The minimum absolute atomic E-state index is 0.0569. The number of carboxylic acids is 1. The molecule has 0 aliphatic heterocycles. The van der Waals surface area contributed by atoms with Crippen LogP contribution in [-0.4, -0.2) is 36.3 Å². The van der Waals surface area contributed by atoms with Crippen LogP contribution in [0.4, 0.5) is 22.7 Å². The van der Waals surface area contributed by atoms with Crippen LogP contribution in [-0.2, 0) is 0 Å². The fourth-order valence-corrected chi connectivity index (χ4v) is 2.25. The summed E-state index contributed by atoms with van der Waals surface area (Å²) in [6.07, 6.45) is 0. The zero-order chi connectivity index (χ0) is 19.0. The van der Waals surface area contributed by atoms with Crippen LogP contribution in [0.25, 0.3) is 11.0 Å². The maximum absolute atomic E-state index is 11.3. The molecule has 0 saturated heterocycles. The average Bonchev–Trinajstić information content (AvgIpc) is 3.05. The number of anilines is 2. The number of phenols is 1. The lowest BCUT2D eigenvalue weighted by molar-refractivity contribution is -0.392. The fraction of sp³-hybridized carbons (Fsp3) is 0. The van der Waals surface area contributed by atoms with Crippen molar-refractivity contribution in [3.63, 3.8) is 0 Å². The van der Waals surface area contributed by atoms with Crippen LogP contribution < -0.4 is 5.32 Å². The topological polar surface area (TPSA) is 195 Å². The number of non-ortho nitro benzene ring substituents is 1. The lowest BCUT2D eigenvalue weighted by Crippen LogP contribution is -2.02. The van der Waals surface area contributed by atoms with Gasteiger partial charge in [0.1, 0.15) is 17.0 Å². The molecule has 3 N–H and O–H groups in total. The summed E-state index contributed by atoms with van der Waals surface area (Å²) < 4.78 is 4.45. The van der Waals surface area contributed by atoms with Gasteiger partial charge in [-0.3, -0.25) is 20.2 Å². The van der Waals surface area contributed by atoms with E-state index >= 15 is 0 Å². The number of nitro benzene ring substituents is 2. The molecule has 0 spiro atoms. The maximum Gasteiger partial charge on any atom is 0.339 e. The molecule has 26 heavy (non-hydrogen) atoms.